The molecule has 0 spiro atoms. The molecule has 0 saturated heterocycles. The summed E-state index contributed by atoms with van der Waals surface area (Å²) < 4.78 is 0. The van der Waals surface area contributed by atoms with Crippen LogP contribution < -0.4 is 10.6 Å². The van der Waals surface area contributed by atoms with Crippen molar-refractivity contribution in [3.8, 4) is 0 Å². The number of nitrogens with one attached hydrogen (secondary N) is 4. The zero-order chi connectivity index (χ0) is 11.2. The lowest BCUT2D eigenvalue weighted by Crippen LogP contribution is -2.35. The Morgan fingerprint density at radius 3 is 1.94 bits per heavy atom. The maximum Gasteiger partial charge on any atom is 0.315 e. The third-order valence-corrected chi connectivity index (χ3v) is 1.94. The highest BCUT2D eigenvalue weighted by Crippen LogP contribution is 1.88. The molecular weight excluding hydrogens is 208 g/mol. The molecule has 0 aliphatic heterocycles. The molecule has 2 rings (SSSR count). The normalized spacial score (nSPS) is 10.0. The summed E-state index contributed by atoms with van der Waals surface area (Å²) in [5.74, 6) is 1.43. The lowest BCUT2D eigenvalue weighted by molar-refractivity contribution is 0.239. The van der Waals surface area contributed by atoms with Crippen molar-refractivity contribution in [1.82, 2.24) is 30.6 Å². The number of hydrogen-bond donors (Lipinski definition) is 4. The van der Waals surface area contributed by atoms with E-state index in [2.05, 4.69) is 30.6 Å². The second-order valence-electron chi connectivity index (χ2n) is 3.11. The lowest BCUT2D eigenvalue weighted by atomic mass is 10.6. The van der Waals surface area contributed by atoms with Crippen molar-refractivity contribution in [2.75, 3.05) is 0 Å². The first-order valence-electron chi connectivity index (χ1n) is 4.83. The van der Waals surface area contributed by atoms with Crippen molar-refractivity contribution in [1.29, 1.82) is 0 Å². The van der Waals surface area contributed by atoms with Crippen LogP contribution in [0.2, 0.25) is 0 Å². The molecule has 0 aliphatic rings. The largest absolute Gasteiger partial charge is 0.347 e. The summed E-state index contributed by atoms with van der Waals surface area (Å²) in [5.41, 5.74) is 0. The summed E-state index contributed by atoms with van der Waals surface area (Å²) in [6.07, 6.45) is 6.69. The Morgan fingerprint density at radius 2 is 1.56 bits per heavy atom. The van der Waals surface area contributed by atoms with Gasteiger partial charge in [-0.2, -0.15) is 0 Å². The van der Waals surface area contributed by atoms with E-state index in [0.717, 1.165) is 0 Å². The fraction of sp³-hybridized carbons (Fsp3) is 0.222. The van der Waals surface area contributed by atoms with Crippen molar-refractivity contribution < 1.29 is 4.79 Å². The fourth-order valence-corrected chi connectivity index (χ4v) is 1.18. The Kier molecular flexibility index (Phi) is 3.17. The minimum Gasteiger partial charge on any atom is -0.347 e. The number of nitrogens with zero attached hydrogens (tertiary/aromatic N) is 2. The number of urea groups is 1. The van der Waals surface area contributed by atoms with Crippen LogP contribution in [-0.2, 0) is 13.1 Å². The Bertz CT molecular complexity index is 381. The van der Waals surface area contributed by atoms with Gasteiger partial charge in [-0.3, -0.25) is 0 Å². The van der Waals surface area contributed by atoms with Gasteiger partial charge in [0.2, 0.25) is 0 Å². The van der Waals surface area contributed by atoms with Gasteiger partial charge < -0.3 is 20.6 Å². The average Bonchev–Trinajstić information content (AvgIpc) is 2.96. The van der Waals surface area contributed by atoms with Gasteiger partial charge in [0, 0.05) is 24.8 Å². The quantitative estimate of drug-likeness (QED) is 0.589. The molecular formula is C9H12N6O. The molecule has 2 aromatic heterocycles. The van der Waals surface area contributed by atoms with E-state index in [1.54, 1.807) is 24.8 Å². The van der Waals surface area contributed by atoms with Gasteiger partial charge in [0.25, 0.3) is 0 Å². The third kappa shape index (κ3) is 2.84. The predicted molar refractivity (Wildman–Crippen MR) is 56.3 cm³/mol. The lowest BCUT2D eigenvalue weighted by Gasteiger charge is -2.04. The Morgan fingerprint density at radius 1 is 1.06 bits per heavy atom. The van der Waals surface area contributed by atoms with Gasteiger partial charge in [0.1, 0.15) is 11.6 Å². The molecule has 2 amide bonds. The van der Waals surface area contributed by atoms with Gasteiger partial charge in [-0.05, 0) is 0 Å². The highest BCUT2D eigenvalue weighted by atomic mass is 16.2. The Hall–Kier alpha value is -2.31. The molecule has 0 aromatic carbocycles. The average molecular weight is 220 g/mol. The molecule has 16 heavy (non-hydrogen) atoms. The first kappa shape index (κ1) is 10.2. The topological polar surface area (TPSA) is 98.5 Å². The smallest absolute Gasteiger partial charge is 0.315 e. The van der Waals surface area contributed by atoms with Crippen LogP contribution in [0.1, 0.15) is 11.6 Å². The summed E-state index contributed by atoms with van der Waals surface area (Å²) >= 11 is 0. The maximum atomic E-state index is 11.3. The standard InChI is InChI=1S/C9H12N6O/c16-9(14-5-7-10-1-2-11-7)15-6-8-12-3-4-13-8/h1-4H,5-6H2,(H,10,11)(H,12,13)(H2,14,15,16). The summed E-state index contributed by atoms with van der Waals surface area (Å²) in [6.45, 7) is 0.744. The first-order chi connectivity index (χ1) is 7.84. The molecule has 0 saturated carbocycles. The fourth-order valence-electron chi connectivity index (χ4n) is 1.18. The summed E-state index contributed by atoms with van der Waals surface area (Å²) in [4.78, 5) is 25.1. The number of carbonyl (C=O) groups excluding carboxylic acids is 1. The van der Waals surface area contributed by atoms with Gasteiger partial charge in [-0.1, -0.05) is 0 Å². The van der Waals surface area contributed by atoms with Crippen LogP contribution in [0.15, 0.2) is 24.8 Å². The molecule has 0 bridgehead atoms. The molecule has 84 valence electrons. The minimum atomic E-state index is -0.257. The molecule has 4 N–H and O–H groups in total. The molecule has 7 nitrogen and oxygen atoms in total. The zero-order valence-electron chi connectivity index (χ0n) is 8.53. The number of aromatic nitrogens is 4. The van der Waals surface area contributed by atoms with Crippen molar-refractivity contribution in [2.45, 2.75) is 13.1 Å². The maximum absolute atomic E-state index is 11.3. The highest BCUT2D eigenvalue weighted by molar-refractivity contribution is 5.73. The van der Waals surface area contributed by atoms with Gasteiger partial charge >= 0.3 is 6.03 Å². The number of H-pyrrole nitrogens is 2. The Balaban J connectivity index is 1.69. The van der Waals surface area contributed by atoms with E-state index < -0.39 is 0 Å². The van der Waals surface area contributed by atoms with E-state index in [1.165, 1.54) is 0 Å². The van der Waals surface area contributed by atoms with E-state index >= 15 is 0 Å². The van der Waals surface area contributed by atoms with Crippen molar-refractivity contribution in [3.63, 3.8) is 0 Å². The molecule has 0 fully saturated rings. The van der Waals surface area contributed by atoms with E-state index in [0.29, 0.717) is 24.7 Å². The minimum absolute atomic E-state index is 0.257. The molecule has 0 aliphatic carbocycles. The number of amides is 2. The molecule has 2 aromatic rings. The van der Waals surface area contributed by atoms with E-state index in [1.807, 2.05) is 0 Å². The SMILES string of the molecule is O=C(NCc1ncc[nH]1)NCc1ncc[nH]1. The van der Waals surface area contributed by atoms with E-state index in [9.17, 15) is 4.79 Å². The van der Waals surface area contributed by atoms with Gasteiger partial charge in [0.15, 0.2) is 0 Å². The van der Waals surface area contributed by atoms with Crippen LogP contribution >= 0.6 is 0 Å². The van der Waals surface area contributed by atoms with Crippen molar-refractivity contribution in [3.05, 3.63) is 36.4 Å². The molecule has 0 radical (unpaired) electrons. The van der Waals surface area contributed by atoms with E-state index in [4.69, 9.17) is 0 Å². The molecule has 0 atom stereocenters. The number of aromatic amines is 2. The summed E-state index contributed by atoms with van der Waals surface area (Å²) in [6, 6.07) is -0.257. The van der Waals surface area contributed by atoms with Crippen LogP contribution in [-0.4, -0.2) is 26.0 Å². The second kappa shape index (κ2) is 4.96. The van der Waals surface area contributed by atoms with Crippen LogP contribution in [0.25, 0.3) is 0 Å². The Labute approximate surface area is 91.7 Å². The molecule has 7 heteroatoms. The van der Waals surface area contributed by atoms with Crippen molar-refractivity contribution >= 4 is 6.03 Å². The first-order valence-corrected chi connectivity index (χ1v) is 4.83. The molecule has 2 heterocycles. The summed E-state index contributed by atoms with van der Waals surface area (Å²) in [5, 5.41) is 5.32. The number of rotatable bonds is 4. The van der Waals surface area contributed by atoms with Crippen molar-refractivity contribution in [2.24, 2.45) is 0 Å². The van der Waals surface area contributed by atoms with Crippen LogP contribution in [0.4, 0.5) is 4.79 Å². The predicted octanol–water partition coefficient (Wildman–Crippen LogP) is 0.132. The number of imidazole rings is 2. The van der Waals surface area contributed by atoms with Crippen LogP contribution in [0, 0.1) is 0 Å². The highest BCUT2D eigenvalue weighted by Gasteiger charge is 2.02. The van der Waals surface area contributed by atoms with Crippen LogP contribution in [0.5, 0.6) is 0 Å². The monoisotopic (exact) mass is 220 g/mol. The van der Waals surface area contributed by atoms with Gasteiger partial charge in [0.05, 0.1) is 13.1 Å². The van der Waals surface area contributed by atoms with Crippen LogP contribution in [0.3, 0.4) is 0 Å². The molecule has 0 unspecified atom stereocenters. The zero-order valence-corrected chi connectivity index (χ0v) is 8.53. The third-order valence-electron chi connectivity index (χ3n) is 1.94. The second-order valence-corrected chi connectivity index (χ2v) is 3.11. The number of hydrogen-bond acceptors (Lipinski definition) is 3. The number of carbonyl (C=O) groups is 1. The van der Waals surface area contributed by atoms with Gasteiger partial charge in [-0.25, -0.2) is 14.8 Å². The summed E-state index contributed by atoms with van der Waals surface area (Å²) in [7, 11) is 0. The van der Waals surface area contributed by atoms with Gasteiger partial charge in [-0.15, -0.1) is 0 Å². The van der Waals surface area contributed by atoms with E-state index in [-0.39, 0.29) is 6.03 Å².